The number of rotatable bonds is 10. The zero-order chi connectivity index (χ0) is 23.0. The smallest absolute Gasteiger partial charge is 0.261 e. The molecular formula is C25H34N2O4. The van der Waals surface area contributed by atoms with E-state index in [1.165, 1.54) is 0 Å². The summed E-state index contributed by atoms with van der Waals surface area (Å²) in [6.45, 7) is 10.5. The molecule has 2 aromatic rings. The molecule has 0 heterocycles. The van der Waals surface area contributed by atoms with Crippen molar-refractivity contribution >= 4 is 11.8 Å². The van der Waals surface area contributed by atoms with Crippen LogP contribution in [-0.4, -0.2) is 43.0 Å². The van der Waals surface area contributed by atoms with Gasteiger partial charge in [0.1, 0.15) is 17.5 Å². The molecule has 2 aromatic carbocycles. The Morgan fingerprint density at radius 1 is 1.06 bits per heavy atom. The van der Waals surface area contributed by atoms with Crippen LogP contribution in [0.5, 0.6) is 11.5 Å². The standard InChI is InChI=1S/C25H34N2O4/c1-17(2)14-26-25(29)20(5)27(15-21-10-8-11-22(13-21)30-6)24(28)16-31-23-12-7-9-18(3)19(23)4/h7-13,17,20H,14-16H2,1-6H3,(H,26,29). The minimum Gasteiger partial charge on any atom is -0.497 e. The van der Waals surface area contributed by atoms with E-state index in [1.807, 2.05) is 70.2 Å². The van der Waals surface area contributed by atoms with Crippen molar-refractivity contribution in [2.45, 2.75) is 47.2 Å². The molecule has 0 aromatic heterocycles. The number of carbonyl (C=O) groups excluding carboxylic acids is 2. The van der Waals surface area contributed by atoms with Crippen molar-refractivity contribution in [3.63, 3.8) is 0 Å². The van der Waals surface area contributed by atoms with Crippen molar-refractivity contribution in [3.8, 4) is 11.5 Å². The number of ether oxygens (including phenoxy) is 2. The Balaban J connectivity index is 2.19. The topological polar surface area (TPSA) is 67.9 Å². The third kappa shape index (κ3) is 7.02. The molecule has 0 saturated carbocycles. The van der Waals surface area contributed by atoms with E-state index in [9.17, 15) is 9.59 Å². The monoisotopic (exact) mass is 426 g/mol. The van der Waals surface area contributed by atoms with Crippen molar-refractivity contribution in [1.82, 2.24) is 10.2 Å². The van der Waals surface area contributed by atoms with Crippen LogP contribution in [0.4, 0.5) is 0 Å². The van der Waals surface area contributed by atoms with Crippen LogP contribution in [0.25, 0.3) is 0 Å². The first-order chi connectivity index (χ1) is 14.7. The Labute approximate surface area is 185 Å². The summed E-state index contributed by atoms with van der Waals surface area (Å²) in [6, 6.07) is 12.6. The van der Waals surface area contributed by atoms with Gasteiger partial charge in [-0.2, -0.15) is 0 Å². The summed E-state index contributed by atoms with van der Waals surface area (Å²) in [5.74, 6) is 1.26. The van der Waals surface area contributed by atoms with Crippen molar-refractivity contribution in [2.75, 3.05) is 20.3 Å². The van der Waals surface area contributed by atoms with Gasteiger partial charge in [0.2, 0.25) is 5.91 Å². The van der Waals surface area contributed by atoms with Crippen LogP contribution in [0.2, 0.25) is 0 Å². The average molecular weight is 427 g/mol. The molecule has 168 valence electrons. The highest BCUT2D eigenvalue weighted by atomic mass is 16.5. The van der Waals surface area contributed by atoms with E-state index >= 15 is 0 Å². The molecule has 0 spiro atoms. The average Bonchev–Trinajstić information content (AvgIpc) is 2.76. The summed E-state index contributed by atoms with van der Waals surface area (Å²) in [5, 5.41) is 2.92. The number of carbonyl (C=O) groups is 2. The van der Waals surface area contributed by atoms with Crippen LogP contribution in [0.15, 0.2) is 42.5 Å². The van der Waals surface area contributed by atoms with E-state index in [4.69, 9.17) is 9.47 Å². The number of nitrogens with one attached hydrogen (secondary N) is 1. The first kappa shape index (κ1) is 24.3. The second kappa shape index (κ2) is 11.4. The highest BCUT2D eigenvalue weighted by Crippen LogP contribution is 2.21. The maximum absolute atomic E-state index is 13.1. The fraction of sp³-hybridized carbons (Fsp3) is 0.440. The number of hydrogen-bond donors (Lipinski definition) is 1. The van der Waals surface area contributed by atoms with E-state index in [0.717, 1.165) is 16.7 Å². The zero-order valence-electron chi connectivity index (χ0n) is 19.4. The Bertz CT molecular complexity index is 895. The minimum atomic E-state index is -0.639. The van der Waals surface area contributed by atoms with E-state index < -0.39 is 6.04 Å². The summed E-state index contributed by atoms with van der Waals surface area (Å²) in [6.07, 6.45) is 0. The molecule has 0 aliphatic rings. The van der Waals surface area contributed by atoms with Crippen molar-refractivity contribution in [3.05, 3.63) is 59.2 Å². The van der Waals surface area contributed by atoms with Crippen molar-refractivity contribution in [2.24, 2.45) is 5.92 Å². The van der Waals surface area contributed by atoms with Gasteiger partial charge in [-0.05, 0) is 61.6 Å². The SMILES string of the molecule is COc1cccc(CN(C(=O)COc2cccc(C)c2C)C(C)C(=O)NCC(C)C)c1. The van der Waals surface area contributed by atoms with Gasteiger partial charge < -0.3 is 19.7 Å². The molecule has 6 nitrogen and oxygen atoms in total. The Morgan fingerprint density at radius 2 is 1.77 bits per heavy atom. The van der Waals surface area contributed by atoms with E-state index in [1.54, 1.807) is 18.9 Å². The quantitative estimate of drug-likeness (QED) is 0.626. The van der Waals surface area contributed by atoms with E-state index in [-0.39, 0.29) is 25.0 Å². The molecule has 1 atom stereocenters. The molecule has 2 amide bonds. The van der Waals surface area contributed by atoms with Gasteiger partial charge in [-0.25, -0.2) is 0 Å². The van der Waals surface area contributed by atoms with Gasteiger partial charge in [-0.15, -0.1) is 0 Å². The van der Waals surface area contributed by atoms with E-state index in [0.29, 0.717) is 24.0 Å². The molecule has 0 fully saturated rings. The van der Waals surface area contributed by atoms with Gasteiger partial charge in [0.15, 0.2) is 6.61 Å². The summed E-state index contributed by atoms with van der Waals surface area (Å²) < 4.78 is 11.1. The number of benzene rings is 2. The lowest BCUT2D eigenvalue weighted by molar-refractivity contribution is -0.142. The number of amides is 2. The van der Waals surface area contributed by atoms with Gasteiger partial charge in [-0.1, -0.05) is 38.1 Å². The third-order valence-corrected chi connectivity index (χ3v) is 5.24. The number of nitrogens with zero attached hydrogens (tertiary/aromatic N) is 1. The molecule has 31 heavy (non-hydrogen) atoms. The fourth-order valence-electron chi connectivity index (χ4n) is 3.11. The number of aryl methyl sites for hydroxylation is 1. The van der Waals surface area contributed by atoms with Gasteiger partial charge in [0.05, 0.1) is 7.11 Å². The van der Waals surface area contributed by atoms with Crippen LogP contribution in [0.3, 0.4) is 0 Å². The lowest BCUT2D eigenvalue weighted by Crippen LogP contribution is -2.49. The largest absolute Gasteiger partial charge is 0.497 e. The van der Waals surface area contributed by atoms with Gasteiger partial charge in [0.25, 0.3) is 5.91 Å². The summed E-state index contributed by atoms with van der Waals surface area (Å²) in [5.41, 5.74) is 2.97. The Morgan fingerprint density at radius 3 is 2.45 bits per heavy atom. The molecular weight excluding hydrogens is 392 g/mol. The molecule has 0 aliphatic carbocycles. The van der Waals surface area contributed by atoms with Gasteiger partial charge in [-0.3, -0.25) is 9.59 Å². The van der Waals surface area contributed by atoms with Gasteiger partial charge in [0, 0.05) is 13.1 Å². The van der Waals surface area contributed by atoms with Crippen LogP contribution in [0, 0.1) is 19.8 Å². The molecule has 0 radical (unpaired) electrons. The first-order valence-corrected chi connectivity index (χ1v) is 10.6. The lowest BCUT2D eigenvalue weighted by Gasteiger charge is -2.29. The fourth-order valence-corrected chi connectivity index (χ4v) is 3.11. The van der Waals surface area contributed by atoms with E-state index in [2.05, 4.69) is 5.32 Å². The normalized spacial score (nSPS) is 11.7. The minimum absolute atomic E-state index is 0.143. The van der Waals surface area contributed by atoms with Crippen molar-refractivity contribution < 1.29 is 19.1 Å². The summed E-state index contributed by atoms with van der Waals surface area (Å²) in [4.78, 5) is 27.4. The maximum Gasteiger partial charge on any atom is 0.261 e. The van der Waals surface area contributed by atoms with Crippen LogP contribution >= 0.6 is 0 Å². The lowest BCUT2D eigenvalue weighted by atomic mass is 10.1. The molecule has 0 bridgehead atoms. The third-order valence-electron chi connectivity index (χ3n) is 5.24. The second-order valence-electron chi connectivity index (χ2n) is 8.17. The predicted octanol–water partition coefficient (Wildman–Crippen LogP) is 3.88. The molecule has 0 aliphatic heterocycles. The van der Waals surface area contributed by atoms with Crippen LogP contribution in [0.1, 0.15) is 37.5 Å². The number of methoxy groups -OCH3 is 1. The highest BCUT2D eigenvalue weighted by molar-refractivity contribution is 5.88. The van der Waals surface area contributed by atoms with Crippen molar-refractivity contribution in [1.29, 1.82) is 0 Å². The van der Waals surface area contributed by atoms with Gasteiger partial charge >= 0.3 is 0 Å². The zero-order valence-corrected chi connectivity index (χ0v) is 19.4. The van der Waals surface area contributed by atoms with Crippen LogP contribution < -0.4 is 14.8 Å². The summed E-state index contributed by atoms with van der Waals surface area (Å²) >= 11 is 0. The molecule has 0 saturated heterocycles. The molecule has 6 heteroatoms. The Hall–Kier alpha value is -3.02. The second-order valence-corrected chi connectivity index (χ2v) is 8.17. The number of hydrogen-bond acceptors (Lipinski definition) is 4. The molecule has 2 rings (SSSR count). The first-order valence-electron chi connectivity index (χ1n) is 10.6. The van der Waals surface area contributed by atoms with Crippen LogP contribution in [-0.2, 0) is 16.1 Å². The maximum atomic E-state index is 13.1. The molecule has 1 N–H and O–H groups in total. The summed E-state index contributed by atoms with van der Waals surface area (Å²) in [7, 11) is 1.60. The molecule has 1 unspecified atom stereocenters. The Kier molecular flexibility index (Phi) is 8.91. The highest BCUT2D eigenvalue weighted by Gasteiger charge is 2.26. The predicted molar refractivity (Wildman–Crippen MR) is 122 cm³/mol.